The van der Waals surface area contributed by atoms with Gasteiger partial charge < -0.3 is 9.31 Å². The van der Waals surface area contributed by atoms with E-state index in [1.54, 1.807) is 0 Å². The lowest BCUT2D eigenvalue weighted by molar-refractivity contribution is 0.00578. The van der Waals surface area contributed by atoms with Gasteiger partial charge in [-0.15, -0.1) is 0 Å². The van der Waals surface area contributed by atoms with Gasteiger partial charge >= 0.3 is 7.12 Å². The Morgan fingerprint density at radius 2 is 1.63 bits per heavy atom. The van der Waals surface area contributed by atoms with Crippen LogP contribution in [0.2, 0.25) is 0 Å². The van der Waals surface area contributed by atoms with Gasteiger partial charge in [-0.2, -0.15) is 0 Å². The standard InChI is InChI=1S/C15H28BNO2/c1-13(2,3)17-10-8-9-12(11-17)16-18-14(4,5)15(6,7)19-16/h9H,8,10-11H2,1-7H3. The highest BCUT2D eigenvalue weighted by Crippen LogP contribution is 2.39. The van der Waals surface area contributed by atoms with Crippen LogP contribution in [0.25, 0.3) is 0 Å². The maximum atomic E-state index is 6.15. The van der Waals surface area contributed by atoms with E-state index >= 15 is 0 Å². The van der Waals surface area contributed by atoms with E-state index in [-0.39, 0.29) is 23.9 Å². The third-order valence-electron chi connectivity index (χ3n) is 4.68. The summed E-state index contributed by atoms with van der Waals surface area (Å²) in [7, 11) is -0.185. The predicted molar refractivity (Wildman–Crippen MR) is 80.1 cm³/mol. The molecule has 1 saturated heterocycles. The topological polar surface area (TPSA) is 21.7 Å². The summed E-state index contributed by atoms with van der Waals surface area (Å²) in [5, 5.41) is 0. The number of nitrogens with zero attached hydrogens (tertiary/aromatic N) is 1. The lowest BCUT2D eigenvalue weighted by atomic mass is 9.75. The van der Waals surface area contributed by atoms with E-state index in [1.807, 2.05) is 0 Å². The quantitative estimate of drug-likeness (QED) is 0.680. The summed E-state index contributed by atoms with van der Waals surface area (Å²) in [6.45, 7) is 17.3. The second kappa shape index (κ2) is 4.61. The van der Waals surface area contributed by atoms with Gasteiger partial charge in [0.1, 0.15) is 0 Å². The molecule has 0 aromatic rings. The van der Waals surface area contributed by atoms with Crippen LogP contribution in [0, 0.1) is 0 Å². The summed E-state index contributed by atoms with van der Waals surface area (Å²) in [6.07, 6.45) is 3.38. The molecule has 2 aliphatic heterocycles. The minimum absolute atomic E-state index is 0.185. The number of rotatable bonds is 1. The van der Waals surface area contributed by atoms with E-state index in [1.165, 1.54) is 5.47 Å². The first-order chi connectivity index (χ1) is 8.53. The average Bonchev–Trinajstić information content (AvgIpc) is 2.47. The molecule has 3 nitrogen and oxygen atoms in total. The summed E-state index contributed by atoms with van der Waals surface area (Å²) < 4.78 is 12.3. The molecule has 2 aliphatic rings. The minimum atomic E-state index is -0.248. The highest BCUT2D eigenvalue weighted by molar-refractivity contribution is 6.54. The van der Waals surface area contributed by atoms with Gasteiger partial charge in [-0.3, -0.25) is 4.90 Å². The second-order valence-corrected chi connectivity index (χ2v) is 7.75. The smallest absolute Gasteiger partial charge is 0.400 e. The fourth-order valence-electron chi connectivity index (χ4n) is 2.51. The molecule has 108 valence electrons. The van der Waals surface area contributed by atoms with Crippen molar-refractivity contribution < 1.29 is 9.31 Å². The molecule has 0 saturated carbocycles. The molecule has 19 heavy (non-hydrogen) atoms. The predicted octanol–water partition coefficient (Wildman–Crippen LogP) is 3.05. The number of hydrogen-bond acceptors (Lipinski definition) is 3. The molecule has 0 aromatic heterocycles. The van der Waals surface area contributed by atoms with E-state index in [2.05, 4.69) is 59.4 Å². The lowest BCUT2D eigenvalue weighted by Crippen LogP contribution is -2.46. The van der Waals surface area contributed by atoms with Gasteiger partial charge in [0, 0.05) is 18.6 Å². The molecule has 2 heterocycles. The van der Waals surface area contributed by atoms with Crippen molar-refractivity contribution in [1.82, 2.24) is 4.90 Å². The van der Waals surface area contributed by atoms with Gasteiger partial charge in [0.15, 0.2) is 0 Å². The van der Waals surface area contributed by atoms with Crippen LogP contribution in [0.5, 0.6) is 0 Å². The highest BCUT2D eigenvalue weighted by atomic mass is 16.7. The van der Waals surface area contributed by atoms with E-state index in [9.17, 15) is 0 Å². The summed E-state index contributed by atoms with van der Waals surface area (Å²) in [6, 6.07) is 0. The summed E-state index contributed by atoms with van der Waals surface area (Å²) in [5.74, 6) is 0. The summed E-state index contributed by atoms with van der Waals surface area (Å²) in [4.78, 5) is 2.49. The van der Waals surface area contributed by atoms with Crippen LogP contribution in [-0.2, 0) is 9.31 Å². The maximum absolute atomic E-state index is 6.15. The Morgan fingerprint density at radius 3 is 2.11 bits per heavy atom. The zero-order chi connectivity index (χ0) is 14.5. The molecule has 0 aromatic carbocycles. The Labute approximate surface area is 118 Å². The molecule has 0 N–H and O–H groups in total. The van der Waals surface area contributed by atoms with Crippen LogP contribution in [0.3, 0.4) is 0 Å². The maximum Gasteiger partial charge on any atom is 0.491 e. The van der Waals surface area contributed by atoms with E-state index < -0.39 is 0 Å². The largest absolute Gasteiger partial charge is 0.491 e. The molecule has 0 bridgehead atoms. The van der Waals surface area contributed by atoms with Crippen LogP contribution in [0.1, 0.15) is 54.9 Å². The molecule has 0 radical (unpaired) electrons. The second-order valence-electron chi connectivity index (χ2n) is 7.75. The Hall–Kier alpha value is -0.315. The van der Waals surface area contributed by atoms with Crippen molar-refractivity contribution in [2.75, 3.05) is 13.1 Å². The number of hydrogen-bond donors (Lipinski definition) is 0. The molecule has 0 spiro atoms. The first-order valence-corrected chi connectivity index (χ1v) is 7.32. The van der Waals surface area contributed by atoms with Crippen LogP contribution in [0.4, 0.5) is 0 Å². The van der Waals surface area contributed by atoms with Gasteiger partial charge in [0.2, 0.25) is 0 Å². The highest BCUT2D eigenvalue weighted by Gasteiger charge is 2.52. The first kappa shape index (κ1) is 15.1. The zero-order valence-corrected chi connectivity index (χ0v) is 13.5. The molecule has 0 atom stereocenters. The van der Waals surface area contributed by atoms with Gasteiger partial charge in [-0.1, -0.05) is 6.08 Å². The van der Waals surface area contributed by atoms with Crippen LogP contribution in [0.15, 0.2) is 11.5 Å². The van der Waals surface area contributed by atoms with E-state index in [0.29, 0.717) is 0 Å². The molecule has 0 unspecified atom stereocenters. The zero-order valence-electron chi connectivity index (χ0n) is 13.5. The Balaban J connectivity index is 2.11. The molecule has 2 rings (SSSR count). The fraction of sp³-hybridized carbons (Fsp3) is 0.867. The fourth-order valence-corrected chi connectivity index (χ4v) is 2.51. The van der Waals surface area contributed by atoms with Gasteiger partial charge in [-0.05, 0) is 60.4 Å². The van der Waals surface area contributed by atoms with Crippen molar-refractivity contribution >= 4 is 7.12 Å². The van der Waals surface area contributed by atoms with E-state index in [0.717, 1.165) is 19.5 Å². The van der Waals surface area contributed by atoms with E-state index in [4.69, 9.17) is 9.31 Å². The first-order valence-electron chi connectivity index (χ1n) is 7.32. The minimum Gasteiger partial charge on any atom is -0.400 e. The van der Waals surface area contributed by atoms with Crippen molar-refractivity contribution in [3.05, 3.63) is 11.5 Å². The third-order valence-corrected chi connectivity index (χ3v) is 4.68. The van der Waals surface area contributed by atoms with Gasteiger partial charge in [0.25, 0.3) is 0 Å². The van der Waals surface area contributed by atoms with Crippen LogP contribution < -0.4 is 0 Å². The van der Waals surface area contributed by atoms with Crippen LogP contribution >= 0.6 is 0 Å². The molecular formula is C15H28BNO2. The van der Waals surface area contributed by atoms with Crippen molar-refractivity contribution in [3.63, 3.8) is 0 Å². The van der Waals surface area contributed by atoms with Crippen molar-refractivity contribution in [2.45, 2.75) is 71.6 Å². The molecule has 4 heteroatoms. The van der Waals surface area contributed by atoms with Crippen molar-refractivity contribution in [3.8, 4) is 0 Å². The monoisotopic (exact) mass is 265 g/mol. The molecule has 0 amide bonds. The average molecular weight is 265 g/mol. The molecular weight excluding hydrogens is 237 g/mol. The van der Waals surface area contributed by atoms with Crippen LogP contribution in [-0.4, -0.2) is 41.8 Å². The Bertz CT molecular complexity index is 366. The van der Waals surface area contributed by atoms with Crippen molar-refractivity contribution in [1.29, 1.82) is 0 Å². The van der Waals surface area contributed by atoms with Gasteiger partial charge in [0.05, 0.1) is 11.2 Å². The molecule has 0 aliphatic carbocycles. The molecule has 1 fully saturated rings. The Kier molecular flexibility index (Phi) is 3.66. The summed E-state index contributed by atoms with van der Waals surface area (Å²) >= 11 is 0. The third kappa shape index (κ3) is 2.91. The SMILES string of the molecule is CC(C)(C)N1CCC=C(B2OC(C)(C)C(C)(C)O2)C1. The normalized spacial score (nSPS) is 27.5. The summed E-state index contributed by atoms with van der Waals surface area (Å²) in [5.41, 5.74) is 0.980. The lowest BCUT2D eigenvalue weighted by Gasteiger charge is -2.38. The van der Waals surface area contributed by atoms with Crippen molar-refractivity contribution in [2.24, 2.45) is 0 Å². The van der Waals surface area contributed by atoms with Gasteiger partial charge in [-0.25, -0.2) is 0 Å². The Morgan fingerprint density at radius 1 is 1.11 bits per heavy atom.